The summed E-state index contributed by atoms with van der Waals surface area (Å²) in [5, 5.41) is -4.36. The minimum absolute atomic E-state index is 0.0841. The molecule has 0 atom stereocenters. The van der Waals surface area contributed by atoms with Crippen LogP contribution in [0.2, 0.25) is 0 Å². The highest BCUT2D eigenvalue weighted by Crippen LogP contribution is 2.58. The smallest absolute Gasteiger partial charge is 0.521 e. The summed E-state index contributed by atoms with van der Waals surface area (Å²) >= 11 is 0. The van der Waals surface area contributed by atoms with E-state index in [-0.39, 0.29) is 12.1 Å². The molecule has 1 aliphatic rings. The quantitative estimate of drug-likeness (QED) is 0.0757. The number of benzene rings is 6. The molecule has 0 spiro atoms. The highest BCUT2D eigenvalue weighted by molar-refractivity contribution is 6.66. The fourth-order valence-corrected chi connectivity index (χ4v) is 5.98. The van der Waals surface area contributed by atoms with Crippen LogP contribution < -0.4 is 14.8 Å². The van der Waals surface area contributed by atoms with E-state index in [1.807, 2.05) is 0 Å². The molecule has 0 saturated carbocycles. The van der Waals surface area contributed by atoms with Crippen molar-refractivity contribution >= 4 is 34.1 Å². The van der Waals surface area contributed by atoms with Crippen molar-refractivity contribution in [3.63, 3.8) is 0 Å². The summed E-state index contributed by atoms with van der Waals surface area (Å²) in [5.41, 5.74) is -10.0. The van der Waals surface area contributed by atoms with E-state index in [1.54, 1.807) is 0 Å². The molecule has 0 heterocycles. The Morgan fingerprint density at radius 2 is 1.02 bits per heavy atom. The number of hydrogen-bond donors (Lipinski definition) is 0. The van der Waals surface area contributed by atoms with Gasteiger partial charge in [-0.2, -0.15) is 13.2 Å². The van der Waals surface area contributed by atoms with E-state index in [2.05, 4.69) is 0 Å². The lowest BCUT2D eigenvalue weighted by atomic mass is 9.75. The van der Waals surface area contributed by atoms with Crippen LogP contribution in [0, 0.1) is 81.4 Å². The highest BCUT2D eigenvalue weighted by Gasteiger charge is 2.56. The Morgan fingerprint density at radius 3 is 1.69 bits per heavy atom. The fraction of sp³-hybridized carbons (Fsp3) is 0.0303. The van der Waals surface area contributed by atoms with Crippen LogP contribution in [0.5, 0.6) is 11.5 Å². The monoisotopic (exact) mass is 750 g/mol. The number of halogens is 16. The normalized spacial score (nSPS) is 13.2. The van der Waals surface area contributed by atoms with Crippen molar-refractivity contribution < 1.29 is 79.6 Å². The number of fused-ring (bicyclic) bond motifs is 5. The molecule has 0 unspecified atom stereocenters. The van der Waals surface area contributed by atoms with Gasteiger partial charge in [0.25, 0.3) is 0 Å². The number of rotatable bonds is 5. The molecule has 266 valence electrons. The van der Waals surface area contributed by atoms with Gasteiger partial charge in [-0.15, -0.1) is 0 Å². The van der Waals surface area contributed by atoms with Crippen molar-refractivity contribution in [2.75, 3.05) is 0 Å². The van der Waals surface area contributed by atoms with Gasteiger partial charge in [-0.1, -0.05) is 6.07 Å². The lowest BCUT2D eigenvalue weighted by Crippen LogP contribution is -2.44. The maximum Gasteiger partial charge on any atom is 0.633 e. The van der Waals surface area contributed by atoms with Crippen LogP contribution in [0.3, 0.4) is 0 Å². The Bertz CT molecular complexity index is 2570. The number of alkyl halides is 2. The summed E-state index contributed by atoms with van der Waals surface area (Å²) < 4.78 is 248. The summed E-state index contributed by atoms with van der Waals surface area (Å²) in [6.45, 7) is 0. The van der Waals surface area contributed by atoms with Gasteiger partial charge in [-0.05, 0) is 35.7 Å². The second-order valence-corrected chi connectivity index (χ2v) is 11.1. The molecule has 0 amide bonds. The molecule has 6 aromatic carbocycles. The van der Waals surface area contributed by atoms with Crippen molar-refractivity contribution in [3.05, 3.63) is 135 Å². The van der Waals surface area contributed by atoms with Crippen molar-refractivity contribution in [3.8, 4) is 22.6 Å². The molecule has 0 radical (unpaired) electrons. The van der Waals surface area contributed by atoms with E-state index in [0.29, 0.717) is 30.3 Å². The third-order valence-corrected chi connectivity index (χ3v) is 8.20. The second-order valence-electron chi connectivity index (χ2n) is 11.1. The molecule has 0 N–H and O–H groups in total. The molecule has 0 bridgehead atoms. The van der Waals surface area contributed by atoms with Crippen molar-refractivity contribution in [2.45, 2.75) is 5.92 Å². The van der Waals surface area contributed by atoms with Gasteiger partial charge in [0.15, 0.2) is 58.1 Å². The van der Waals surface area contributed by atoms with E-state index in [9.17, 15) is 48.3 Å². The van der Waals surface area contributed by atoms with E-state index in [4.69, 9.17) is 9.31 Å². The van der Waals surface area contributed by atoms with Crippen LogP contribution >= 0.6 is 0 Å². The lowest BCUT2D eigenvalue weighted by Gasteiger charge is -2.23. The molecule has 0 aliphatic heterocycles. The largest absolute Gasteiger partial charge is 0.633 e. The molecule has 19 heteroatoms. The molecule has 52 heavy (non-hydrogen) atoms. The maximum atomic E-state index is 15.9. The molecule has 7 rings (SSSR count). The zero-order valence-corrected chi connectivity index (χ0v) is 24.5. The average Bonchev–Trinajstić information content (AvgIpc) is 3.33. The topological polar surface area (TPSA) is 18.5 Å². The van der Waals surface area contributed by atoms with Crippen molar-refractivity contribution in [1.29, 1.82) is 0 Å². The standard InChI is InChI=1S/C33H7BF16O2/c35-8-5-10-16(4-3-12(36)17(10)14(38)6-8)51-34(11-1-2-13(37)18-9(11)7-15(39)23(40)24(18)41)52-32-22-20(26(43)29(46)31(32)48)19-21(33(22,49)50)27(44)30(47)28(45)25(19)42/h1-7H. The Hall–Kier alpha value is -5.62. The van der Waals surface area contributed by atoms with E-state index in [0.717, 1.165) is 0 Å². The SMILES string of the molecule is Fc1cc(F)c2c(F)ccc(OB(Oc3c(F)c(F)c(F)c4c3C(F)(F)c3c(F)c(F)c(F)c(F)c3-4)c3ccc(F)c4c(F)c(F)c(F)cc34)c2c1. The summed E-state index contributed by atoms with van der Waals surface area (Å²) in [5.74, 6) is -40.3. The maximum absolute atomic E-state index is 15.9. The van der Waals surface area contributed by atoms with Gasteiger partial charge >= 0.3 is 13.0 Å². The molecular formula is C33H7BF16O2. The Balaban J connectivity index is 1.55. The van der Waals surface area contributed by atoms with Gasteiger partial charge in [-0.3, -0.25) is 0 Å². The lowest BCUT2D eigenvalue weighted by molar-refractivity contribution is 0.0404. The first-order valence-corrected chi connectivity index (χ1v) is 14.0. The predicted octanol–water partition coefficient (Wildman–Crippen LogP) is 9.91. The van der Waals surface area contributed by atoms with Crippen LogP contribution in [-0.2, 0) is 5.92 Å². The summed E-state index contributed by atoms with van der Waals surface area (Å²) in [6, 6.07) is 2.59. The van der Waals surface area contributed by atoms with Crippen LogP contribution in [0.1, 0.15) is 11.1 Å². The molecule has 1 aliphatic carbocycles. The minimum atomic E-state index is -5.32. The van der Waals surface area contributed by atoms with Gasteiger partial charge in [0, 0.05) is 28.0 Å². The molecule has 0 fully saturated rings. The van der Waals surface area contributed by atoms with Crippen LogP contribution in [-0.4, -0.2) is 7.12 Å². The third kappa shape index (κ3) is 4.77. The van der Waals surface area contributed by atoms with Gasteiger partial charge in [0.2, 0.25) is 5.82 Å². The Kier molecular flexibility index (Phi) is 7.84. The van der Waals surface area contributed by atoms with Gasteiger partial charge in [0.05, 0.1) is 21.9 Å². The van der Waals surface area contributed by atoms with Crippen molar-refractivity contribution in [2.24, 2.45) is 0 Å². The van der Waals surface area contributed by atoms with Crippen molar-refractivity contribution in [1.82, 2.24) is 0 Å². The second kappa shape index (κ2) is 11.7. The first-order chi connectivity index (χ1) is 24.4. The zero-order valence-electron chi connectivity index (χ0n) is 24.5. The van der Waals surface area contributed by atoms with E-state index < -0.39 is 155 Å². The Morgan fingerprint density at radius 1 is 0.442 bits per heavy atom. The van der Waals surface area contributed by atoms with Gasteiger partial charge in [-0.25, -0.2) is 57.1 Å². The number of hydrogen-bond acceptors (Lipinski definition) is 2. The first-order valence-electron chi connectivity index (χ1n) is 14.0. The first kappa shape index (κ1) is 34.8. The fourth-order valence-electron chi connectivity index (χ4n) is 5.98. The Labute approximate surface area is 277 Å². The summed E-state index contributed by atoms with van der Waals surface area (Å²) in [6.07, 6.45) is 0. The van der Waals surface area contributed by atoms with Crippen LogP contribution in [0.4, 0.5) is 70.2 Å². The molecular weight excluding hydrogens is 743 g/mol. The highest BCUT2D eigenvalue weighted by atomic mass is 19.3. The van der Waals surface area contributed by atoms with Crippen LogP contribution in [0.25, 0.3) is 32.7 Å². The molecule has 6 aromatic rings. The predicted molar refractivity (Wildman–Crippen MR) is 149 cm³/mol. The van der Waals surface area contributed by atoms with Gasteiger partial charge < -0.3 is 9.31 Å². The summed E-state index contributed by atoms with van der Waals surface area (Å²) in [4.78, 5) is 0. The molecule has 2 nitrogen and oxygen atoms in total. The van der Waals surface area contributed by atoms with E-state index >= 15 is 22.0 Å². The zero-order chi connectivity index (χ0) is 37.9. The average molecular weight is 750 g/mol. The van der Waals surface area contributed by atoms with E-state index in [1.165, 1.54) is 0 Å². The summed E-state index contributed by atoms with van der Waals surface area (Å²) in [7, 11) is -2.89. The van der Waals surface area contributed by atoms with Crippen LogP contribution in [0.15, 0.2) is 42.5 Å². The minimum Gasteiger partial charge on any atom is -0.521 e. The molecule has 0 saturated heterocycles. The van der Waals surface area contributed by atoms with Gasteiger partial charge in [0.1, 0.15) is 29.0 Å². The molecule has 0 aromatic heterocycles. The third-order valence-electron chi connectivity index (χ3n) is 8.20.